The highest BCUT2D eigenvalue weighted by molar-refractivity contribution is 5.94. The molecule has 0 saturated heterocycles. The maximum atomic E-state index is 10.7. The van der Waals surface area contributed by atoms with E-state index in [1.165, 1.54) is 0 Å². The van der Waals surface area contributed by atoms with Gasteiger partial charge in [-0.05, 0) is 23.4 Å². The van der Waals surface area contributed by atoms with Crippen LogP contribution in [0.15, 0.2) is 17.3 Å². The molecule has 2 heterocycles. The first-order chi connectivity index (χ1) is 8.74. The van der Waals surface area contributed by atoms with Crippen molar-refractivity contribution in [3.8, 4) is 5.88 Å². The summed E-state index contributed by atoms with van der Waals surface area (Å²) in [5, 5.41) is 15.3. The molecule has 0 aliphatic carbocycles. The Hall–Kier alpha value is -2.30. The Labute approximate surface area is 103 Å². The van der Waals surface area contributed by atoms with E-state index in [4.69, 9.17) is 0 Å². The van der Waals surface area contributed by atoms with Crippen molar-refractivity contribution in [1.82, 2.24) is 9.88 Å². The van der Waals surface area contributed by atoms with Gasteiger partial charge in [-0.25, -0.2) is 0 Å². The molecule has 2 N–H and O–H groups in total. The van der Waals surface area contributed by atoms with Crippen LogP contribution < -0.4 is 10.4 Å². The number of aromatic nitrogens is 1. The highest BCUT2D eigenvalue weighted by Crippen LogP contribution is 2.32. The fourth-order valence-electron chi connectivity index (χ4n) is 2.35. The predicted octanol–water partition coefficient (Wildman–Crippen LogP) is 1.13. The third-order valence-corrected chi connectivity index (χ3v) is 3.36. The molecule has 0 amide bonds. The number of nitroso groups, excluding NO2 is 1. The lowest BCUT2D eigenvalue weighted by Crippen LogP contribution is -2.35. The molecule has 0 atom stereocenters. The molecule has 1 aromatic heterocycles. The van der Waals surface area contributed by atoms with Gasteiger partial charge in [-0.1, -0.05) is 12.1 Å². The van der Waals surface area contributed by atoms with E-state index in [0.717, 1.165) is 29.0 Å². The van der Waals surface area contributed by atoms with Crippen molar-refractivity contribution in [3.05, 3.63) is 27.5 Å². The molecule has 0 fully saturated rings. The molecule has 0 bridgehead atoms. The molecule has 2 aromatic rings. The minimum Gasteiger partial charge on any atom is -0.493 e. The van der Waals surface area contributed by atoms with Crippen LogP contribution >= 0.6 is 0 Å². The number of hydrogen-bond donors (Lipinski definition) is 2. The van der Waals surface area contributed by atoms with Gasteiger partial charge in [-0.15, -0.1) is 4.91 Å². The Balaban J connectivity index is 2.43. The van der Waals surface area contributed by atoms with E-state index >= 15 is 0 Å². The second-order valence-corrected chi connectivity index (χ2v) is 4.33. The van der Waals surface area contributed by atoms with Crippen molar-refractivity contribution in [3.63, 3.8) is 0 Å². The Morgan fingerprint density at radius 1 is 1.50 bits per heavy atom. The normalized spacial score (nSPS) is 13.9. The molecule has 5 heteroatoms. The van der Waals surface area contributed by atoms with Crippen molar-refractivity contribution >= 4 is 28.9 Å². The van der Waals surface area contributed by atoms with E-state index in [9.17, 15) is 10.0 Å². The summed E-state index contributed by atoms with van der Waals surface area (Å²) < 4.78 is 0. The van der Waals surface area contributed by atoms with Crippen LogP contribution in [-0.2, 0) is 0 Å². The minimum atomic E-state index is -0.171. The lowest BCUT2D eigenvalue weighted by Gasteiger charge is -2.18. The number of aromatic amines is 1. The molecule has 1 aromatic carbocycles. The van der Waals surface area contributed by atoms with E-state index < -0.39 is 0 Å². The zero-order valence-electron chi connectivity index (χ0n) is 9.97. The third-order valence-electron chi connectivity index (χ3n) is 3.36. The van der Waals surface area contributed by atoms with Crippen molar-refractivity contribution in [1.29, 1.82) is 0 Å². The Morgan fingerprint density at radius 2 is 2.33 bits per heavy atom. The monoisotopic (exact) mass is 243 g/mol. The largest absolute Gasteiger partial charge is 0.493 e. The fourth-order valence-corrected chi connectivity index (χ4v) is 2.35. The van der Waals surface area contributed by atoms with Gasteiger partial charge in [0.15, 0.2) is 5.69 Å². The standard InChI is InChI=1S/C13H13N3O2/c1-2-16-6-5-8-3-4-9-11(10(8)7-16)14-13(17)12(9)15-18/h3-5,7,14,17H,2,6H2,1H3. The zero-order chi connectivity index (χ0) is 12.7. The number of rotatable bonds is 2. The molecule has 0 saturated carbocycles. The molecule has 18 heavy (non-hydrogen) atoms. The van der Waals surface area contributed by atoms with Gasteiger partial charge in [0.05, 0.1) is 5.52 Å². The van der Waals surface area contributed by atoms with Crippen LogP contribution in [0.2, 0.25) is 0 Å². The molecule has 92 valence electrons. The van der Waals surface area contributed by atoms with Gasteiger partial charge in [0.25, 0.3) is 0 Å². The van der Waals surface area contributed by atoms with Gasteiger partial charge in [-0.3, -0.25) is 0 Å². The number of hydrogen-bond acceptors (Lipinski definition) is 4. The van der Waals surface area contributed by atoms with Crippen LogP contribution in [0.1, 0.15) is 6.92 Å². The van der Waals surface area contributed by atoms with Crippen LogP contribution in [0.25, 0.3) is 23.2 Å². The molecule has 3 rings (SSSR count). The van der Waals surface area contributed by atoms with Crippen molar-refractivity contribution in [2.75, 3.05) is 13.1 Å². The van der Waals surface area contributed by atoms with Crippen LogP contribution in [0.3, 0.4) is 0 Å². The molecule has 0 spiro atoms. The Morgan fingerprint density at radius 3 is 3.06 bits per heavy atom. The minimum absolute atomic E-state index is 0.0785. The first-order valence-corrected chi connectivity index (χ1v) is 5.87. The summed E-state index contributed by atoms with van der Waals surface area (Å²) in [5.74, 6) is -0.171. The number of benzene rings is 1. The molecule has 0 unspecified atom stereocenters. The van der Waals surface area contributed by atoms with Crippen LogP contribution in [-0.4, -0.2) is 28.1 Å². The summed E-state index contributed by atoms with van der Waals surface area (Å²) >= 11 is 0. The van der Waals surface area contributed by atoms with Crippen molar-refractivity contribution in [2.24, 2.45) is 5.18 Å². The van der Waals surface area contributed by atoms with Gasteiger partial charge in [0, 0.05) is 29.9 Å². The molecule has 1 aliphatic rings. The van der Waals surface area contributed by atoms with Crippen molar-refractivity contribution < 1.29 is 5.11 Å². The van der Waals surface area contributed by atoms with Crippen molar-refractivity contribution in [2.45, 2.75) is 6.92 Å². The zero-order valence-corrected chi connectivity index (χ0v) is 9.97. The van der Waals surface area contributed by atoms with E-state index in [-0.39, 0.29) is 11.6 Å². The maximum Gasteiger partial charge on any atom is 0.219 e. The number of fused-ring (bicyclic) bond motifs is 3. The second-order valence-electron chi connectivity index (χ2n) is 4.33. The Bertz CT molecular complexity index is 746. The summed E-state index contributed by atoms with van der Waals surface area (Å²) in [7, 11) is 0. The summed E-state index contributed by atoms with van der Waals surface area (Å²) in [6.07, 6.45) is 4.17. The SMILES string of the molecule is CCN1C=c2c(ccc3c(N=O)c(O)[nH]c23)=CC1. The molecule has 5 nitrogen and oxygen atoms in total. The second kappa shape index (κ2) is 3.87. The highest BCUT2D eigenvalue weighted by atomic mass is 16.3. The lowest BCUT2D eigenvalue weighted by atomic mass is 10.1. The average molecular weight is 243 g/mol. The highest BCUT2D eigenvalue weighted by Gasteiger charge is 2.13. The summed E-state index contributed by atoms with van der Waals surface area (Å²) in [4.78, 5) is 15.7. The van der Waals surface area contributed by atoms with Gasteiger partial charge in [0.2, 0.25) is 5.88 Å². The molecular weight excluding hydrogens is 230 g/mol. The number of aromatic hydroxyl groups is 1. The van der Waals surface area contributed by atoms with Gasteiger partial charge < -0.3 is 15.0 Å². The quantitative estimate of drug-likeness (QED) is 0.777. The van der Waals surface area contributed by atoms with Gasteiger partial charge in [0.1, 0.15) is 0 Å². The smallest absolute Gasteiger partial charge is 0.219 e. The predicted molar refractivity (Wildman–Crippen MR) is 70.8 cm³/mol. The topological polar surface area (TPSA) is 68.7 Å². The third kappa shape index (κ3) is 1.40. The van der Waals surface area contributed by atoms with E-state index in [2.05, 4.69) is 28.1 Å². The van der Waals surface area contributed by atoms with Crippen LogP contribution in [0.5, 0.6) is 5.88 Å². The fraction of sp³-hybridized carbons (Fsp3) is 0.231. The Kier molecular flexibility index (Phi) is 2.33. The lowest BCUT2D eigenvalue weighted by molar-refractivity contribution is 0.459. The summed E-state index contributed by atoms with van der Waals surface area (Å²) in [5.41, 5.74) is 0.837. The number of nitrogens with one attached hydrogen (secondary N) is 1. The molecule has 0 radical (unpaired) electrons. The number of nitrogens with zero attached hydrogens (tertiary/aromatic N) is 2. The molecular formula is C13H13N3O2. The van der Waals surface area contributed by atoms with Gasteiger partial charge >= 0.3 is 0 Å². The van der Waals surface area contributed by atoms with E-state index in [0.29, 0.717) is 5.39 Å². The van der Waals surface area contributed by atoms with Crippen LogP contribution in [0, 0.1) is 4.91 Å². The summed E-state index contributed by atoms with van der Waals surface area (Å²) in [6.45, 7) is 3.87. The number of H-pyrrole nitrogens is 1. The van der Waals surface area contributed by atoms with E-state index in [1.807, 2.05) is 18.3 Å². The maximum absolute atomic E-state index is 10.7. The first-order valence-electron chi connectivity index (χ1n) is 5.87. The van der Waals surface area contributed by atoms with Gasteiger partial charge in [-0.2, -0.15) is 0 Å². The summed E-state index contributed by atoms with van der Waals surface area (Å²) in [6, 6.07) is 3.76. The van der Waals surface area contributed by atoms with Crippen LogP contribution in [0.4, 0.5) is 5.69 Å². The first kappa shape index (κ1) is 10.8. The average Bonchev–Trinajstić information content (AvgIpc) is 2.73. The van der Waals surface area contributed by atoms with E-state index in [1.54, 1.807) is 0 Å². The molecule has 1 aliphatic heterocycles.